The monoisotopic (exact) mass is 323 g/mol. The lowest BCUT2D eigenvalue weighted by atomic mass is 10.0. The van der Waals surface area contributed by atoms with Crippen molar-refractivity contribution < 1.29 is 9.59 Å². The first kappa shape index (κ1) is 16.1. The van der Waals surface area contributed by atoms with Gasteiger partial charge in [0.1, 0.15) is 0 Å². The Bertz CT molecular complexity index is 744. The first-order valence-electron chi connectivity index (χ1n) is 8.10. The molecule has 0 spiro atoms. The lowest BCUT2D eigenvalue weighted by Crippen LogP contribution is -2.33. The van der Waals surface area contributed by atoms with E-state index in [-0.39, 0.29) is 18.4 Å². The van der Waals surface area contributed by atoms with E-state index in [0.29, 0.717) is 5.56 Å². The van der Waals surface area contributed by atoms with E-state index in [1.165, 1.54) is 5.56 Å². The Hall–Kier alpha value is -2.82. The average Bonchev–Trinajstić information content (AvgIpc) is 2.61. The molecule has 0 saturated carbocycles. The molecule has 1 aliphatic heterocycles. The number of carbonyl (C=O) groups is 2. The van der Waals surface area contributed by atoms with E-state index in [0.717, 1.165) is 30.8 Å². The van der Waals surface area contributed by atoms with Crippen LogP contribution in [0.25, 0.3) is 0 Å². The summed E-state index contributed by atoms with van der Waals surface area (Å²) in [5.41, 5.74) is 3.76. The standard InChI is InChI=1S/C19H21N3O2/c1-22-11-5-8-14-9-10-16(12-17(14)22)21-18(23)13-20-19(24)15-6-3-2-4-7-15/h2-4,6-7,9-10,12H,5,8,11,13H2,1H3,(H,20,24)(H,21,23). The number of amides is 2. The highest BCUT2D eigenvalue weighted by molar-refractivity contribution is 5.99. The molecule has 0 fully saturated rings. The fourth-order valence-electron chi connectivity index (χ4n) is 2.89. The fourth-order valence-corrected chi connectivity index (χ4v) is 2.89. The van der Waals surface area contributed by atoms with Crippen LogP contribution in [0.1, 0.15) is 22.3 Å². The molecule has 124 valence electrons. The first-order chi connectivity index (χ1) is 11.6. The summed E-state index contributed by atoms with van der Waals surface area (Å²) in [6.07, 6.45) is 2.22. The molecule has 1 heterocycles. The van der Waals surface area contributed by atoms with Crippen LogP contribution in [0.5, 0.6) is 0 Å². The molecule has 1 aliphatic rings. The van der Waals surface area contributed by atoms with Crippen molar-refractivity contribution in [2.45, 2.75) is 12.8 Å². The van der Waals surface area contributed by atoms with Crippen LogP contribution in [0.4, 0.5) is 11.4 Å². The highest BCUT2D eigenvalue weighted by atomic mass is 16.2. The van der Waals surface area contributed by atoms with Crippen LogP contribution in [-0.2, 0) is 11.2 Å². The lowest BCUT2D eigenvalue weighted by molar-refractivity contribution is -0.115. The topological polar surface area (TPSA) is 61.4 Å². The Labute approximate surface area is 141 Å². The SMILES string of the molecule is CN1CCCc2ccc(NC(=O)CNC(=O)c3ccccc3)cc21. The normalized spacial score (nSPS) is 13.1. The van der Waals surface area contributed by atoms with Crippen molar-refractivity contribution in [3.63, 3.8) is 0 Å². The molecule has 0 aliphatic carbocycles. The second-order valence-electron chi connectivity index (χ2n) is 5.97. The van der Waals surface area contributed by atoms with E-state index in [2.05, 4.69) is 28.6 Å². The zero-order valence-electron chi connectivity index (χ0n) is 13.7. The number of nitrogens with one attached hydrogen (secondary N) is 2. The first-order valence-corrected chi connectivity index (χ1v) is 8.10. The summed E-state index contributed by atoms with van der Waals surface area (Å²) in [5, 5.41) is 5.47. The predicted molar refractivity (Wildman–Crippen MR) is 95.4 cm³/mol. The number of benzene rings is 2. The maximum Gasteiger partial charge on any atom is 0.251 e. The summed E-state index contributed by atoms with van der Waals surface area (Å²) in [5.74, 6) is -0.492. The van der Waals surface area contributed by atoms with Gasteiger partial charge in [-0.3, -0.25) is 9.59 Å². The second kappa shape index (κ2) is 7.17. The fraction of sp³-hybridized carbons (Fsp3) is 0.263. The molecule has 2 aromatic carbocycles. The lowest BCUT2D eigenvalue weighted by Gasteiger charge is -2.28. The summed E-state index contributed by atoms with van der Waals surface area (Å²) in [6, 6.07) is 14.8. The summed E-state index contributed by atoms with van der Waals surface area (Å²) < 4.78 is 0. The predicted octanol–water partition coefficient (Wildman–Crippen LogP) is 2.44. The van der Waals surface area contributed by atoms with Crippen LogP contribution >= 0.6 is 0 Å². The van der Waals surface area contributed by atoms with Crippen molar-refractivity contribution in [2.24, 2.45) is 0 Å². The summed E-state index contributed by atoms with van der Waals surface area (Å²) in [6.45, 7) is 0.970. The third-order valence-corrected chi connectivity index (χ3v) is 4.17. The maximum absolute atomic E-state index is 12.1. The summed E-state index contributed by atoms with van der Waals surface area (Å²) >= 11 is 0. The van der Waals surface area contributed by atoms with Gasteiger partial charge in [-0.15, -0.1) is 0 Å². The van der Waals surface area contributed by atoms with E-state index < -0.39 is 0 Å². The van der Waals surface area contributed by atoms with Gasteiger partial charge in [0.15, 0.2) is 0 Å². The largest absolute Gasteiger partial charge is 0.374 e. The minimum absolute atomic E-state index is 0.0549. The van der Waals surface area contributed by atoms with Crippen LogP contribution in [0.3, 0.4) is 0 Å². The van der Waals surface area contributed by atoms with Gasteiger partial charge in [-0.05, 0) is 42.7 Å². The highest BCUT2D eigenvalue weighted by Gasteiger charge is 2.14. The van der Waals surface area contributed by atoms with Gasteiger partial charge in [0.05, 0.1) is 6.54 Å². The molecule has 5 nitrogen and oxygen atoms in total. The Balaban J connectivity index is 1.57. The Morgan fingerprint density at radius 2 is 1.92 bits per heavy atom. The van der Waals surface area contributed by atoms with Gasteiger partial charge in [0, 0.05) is 30.5 Å². The minimum Gasteiger partial charge on any atom is -0.374 e. The van der Waals surface area contributed by atoms with E-state index >= 15 is 0 Å². The van der Waals surface area contributed by atoms with Crippen molar-refractivity contribution in [3.8, 4) is 0 Å². The molecule has 2 N–H and O–H groups in total. The van der Waals surface area contributed by atoms with Crippen LogP contribution < -0.4 is 15.5 Å². The second-order valence-corrected chi connectivity index (χ2v) is 5.97. The molecule has 2 amide bonds. The van der Waals surface area contributed by atoms with E-state index in [1.807, 2.05) is 18.2 Å². The van der Waals surface area contributed by atoms with Crippen LogP contribution in [0.15, 0.2) is 48.5 Å². The van der Waals surface area contributed by atoms with Gasteiger partial charge in [0.25, 0.3) is 5.91 Å². The number of hydrogen-bond acceptors (Lipinski definition) is 3. The average molecular weight is 323 g/mol. The van der Waals surface area contributed by atoms with Crippen molar-refractivity contribution in [2.75, 3.05) is 30.4 Å². The third kappa shape index (κ3) is 3.74. The smallest absolute Gasteiger partial charge is 0.251 e. The number of carbonyl (C=O) groups excluding carboxylic acids is 2. The van der Waals surface area contributed by atoms with Gasteiger partial charge in [-0.2, -0.15) is 0 Å². The molecule has 0 aromatic heterocycles. The van der Waals surface area contributed by atoms with E-state index in [1.54, 1.807) is 24.3 Å². The third-order valence-electron chi connectivity index (χ3n) is 4.17. The van der Waals surface area contributed by atoms with Crippen molar-refractivity contribution in [1.29, 1.82) is 0 Å². The molecule has 2 aromatic rings. The summed E-state index contributed by atoms with van der Waals surface area (Å²) in [7, 11) is 2.06. The van der Waals surface area contributed by atoms with Gasteiger partial charge < -0.3 is 15.5 Å². The number of anilines is 2. The molecule has 24 heavy (non-hydrogen) atoms. The van der Waals surface area contributed by atoms with E-state index in [4.69, 9.17) is 0 Å². The van der Waals surface area contributed by atoms with E-state index in [9.17, 15) is 9.59 Å². The molecule has 5 heteroatoms. The molecule has 0 saturated heterocycles. The number of nitrogens with zero attached hydrogens (tertiary/aromatic N) is 1. The van der Waals surface area contributed by atoms with Crippen LogP contribution in [0, 0.1) is 0 Å². The van der Waals surface area contributed by atoms with Gasteiger partial charge in [-0.25, -0.2) is 0 Å². The molecule has 0 radical (unpaired) electrons. The number of fused-ring (bicyclic) bond motifs is 1. The molecular formula is C19H21N3O2. The minimum atomic E-state index is -0.254. The Kier molecular flexibility index (Phi) is 4.79. The van der Waals surface area contributed by atoms with Crippen LogP contribution in [0.2, 0.25) is 0 Å². The molecule has 0 atom stereocenters. The highest BCUT2D eigenvalue weighted by Crippen LogP contribution is 2.28. The summed E-state index contributed by atoms with van der Waals surface area (Å²) in [4.78, 5) is 26.2. The van der Waals surface area contributed by atoms with Crippen molar-refractivity contribution in [3.05, 3.63) is 59.7 Å². The van der Waals surface area contributed by atoms with Crippen molar-refractivity contribution in [1.82, 2.24) is 5.32 Å². The molecule has 0 bridgehead atoms. The van der Waals surface area contributed by atoms with Gasteiger partial charge >= 0.3 is 0 Å². The number of hydrogen-bond donors (Lipinski definition) is 2. The Morgan fingerprint density at radius 3 is 2.71 bits per heavy atom. The maximum atomic E-state index is 12.1. The Morgan fingerprint density at radius 1 is 1.12 bits per heavy atom. The van der Waals surface area contributed by atoms with Crippen LogP contribution in [-0.4, -0.2) is 32.0 Å². The quantitative estimate of drug-likeness (QED) is 0.908. The number of rotatable bonds is 4. The van der Waals surface area contributed by atoms with Crippen molar-refractivity contribution >= 4 is 23.2 Å². The molecule has 0 unspecified atom stereocenters. The number of aryl methyl sites for hydroxylation is 1. The molecule has 3 rings (SSSR count). The molecular weight excluding hydrogens is 302 g/mol. The van der Waals surface area contributed by atoms with Gasteiger partial charge in [0.2, 0.25) is 5.91 Å². The van der Waals surface area contributed by atoms with Gasteiger partial charge in [-0.1, -0.05) is 24.3 Å². The zero-order valence-corrected chi connectivity index (χ0v) is 13.7. The zero-order chi connectivity index (χ0) is 16.9.